The average Bonchev–Trinajstić information content (AvgIpc) is 3.73. The molecule has 6 rings (SSSR count). The number of piperazine rings is 1. The Balaban J connectivity index is 1.12. The van der Waals surface area contributed by atoms with Crippen molar-refractivity contribution in [2.45, 2.75) is 58.3 Å². The smallest absolute Gasteiger partial charge is 0.293 e. The second kappa shape index (κ2) is 12.6. The Morgan fingerprint density at radius 1 is 1.05 bits per heavy atom. The molecule has 2 aliphatic rings. The van der Waals surface area contributed by atoms with Crippen LogP contribution in [-0.2, 0) is 17.8 Å². The van der Waals surface area contributed by atoms with Gasteiger partial charge < -0.3 is 9.80 Å². The molecule has 44 heavy (non-hydrogen) atoms. The largest absolute Gasteiger partial charge is 0.333 e. The van der Waals surface area contributed by atoms with Crippen molar-refractivity contribution in [3.05, 3.63) is 80.5 Å². The summed E-state index contributed by atoms with van der Waals surface area (Å²) < 4.78 is 4.22. The summed E-state index contributed by atoms with van der Waals surface area (Å²) in [5, 5.41) is 14.1. The molecule has 2 aliphatic heterocycles. The number of halogens is 3. The van der Waals surface area contributed by atoms with Gasteiger partial charge in [0.2, 0.25) is 5.82 Å². The molecular formula is C30H32BrCl2N9O2. The van der Waals surface area contributed by atoms with Crippen LogP contribution in [0.3, 0.4) is 0 Å². The number of hydrogen-bond donors (Lipinski definition) is 0. The fourth-order valence-electron chi connectivity index (χ4n) is 6.02. The quantitative estimate of drug-likeness (QED) is 0.261. The molecular weight excluding hydrogens is 669 g/mol. The molecule has 0 bridgehead atoms. The molecule has 4 aromatic rings. The second-order valence-electron chi connectivity index (χ2n) is 11.2. The summed E-state index contributed by atoms with van der Waals surface area (Å²) >= 11 is 16.3. The van der Waals surface area contributed by atoms with Crippen LogP contribution in [0.4, 0.5) is 5.69 Å². The molecule has 2 aromatic heterocycles. The number of aryl methyl sites for hydroxylation is 1. The maximum Gasteiger partial charge on any atom is 0.293 e. The Labute approximate surface area is 273 Å². The molecule has 2 saturated heterocycles. The van der Waals surface area contributed by atoms with Gasteiger partial charge in [-0.2, -0.15) is 0 Å². The number of para-hydroxylation sites is 1. The lowest BCUT2D eigenvalue weighted by Gasteiger charge is -2.43. The van der Waals surface area contributed by atoms with Crippen LogP contribution >= 0.6 is 39.1 Å². The average molecular weight is 701 g/mol. The number of aromatic nitrogens is 6. The molecule has 0 radical (unpaired) electrons. The molecule has 0 aliphatic carbocycles. The van der Waals surface area contributed by atoms with Crippen LogP contribution in [0.1, 0.15) is 55.4 Å². The van der Waals surface area contributed by atoms with Crippen molar-refractivity contribution < 1.29 is 9.59 Å². The number of nitrogens with zero attached hydrogens (tertiary/aromatic N) is 9. The molecule has 4 heterocycles. The SMILES string of the molecule is CCc1nc(C(=O)N2C[C@@H](C)N(Cc3cn(C4CCN(c5ccc(Br)cc5)C4=O)nn3)[C@@H](C)C2)nn1-c1c(Cl)cccc1Cl. The number of anilines is 1. The first-order chi connectivity index (χ1) is 21.1. The van der Waals surface area contributed by atoms with Gasteiger partial charge in [0.1, 0.15) is 17.6 Å². The highest BCUT2D eigenvalue weighted by Crippen LogP contribution is 2.31. The monoisotopic (exact) mass is 699 g/mol. The van der Waals surface area contributed by atoms with Gasteiger partial charge in [0.05, 0.1) is 21.9 Å². The maximum absolute atomic E-state index is 13.6. The van der Waals surface area contributed by atoms with Gasteiger partial charge in [0.25, 0.3) is 11.8 Å². The normalized spacial score (nSPS) is 21.0. The van der Waals surface area contributed by atoms with E-state index in [2.05, 4.69) is 55.1 Å². The standard InChI is InChI=1S/C30H32BrCl2N9O2/c1-4-26-34-28(36-42(26)27-23(32)6-5-7-24(27)33)30(44)38-14-18(2)40(19(3)15-38)16-21-17-41(37-35-21)25-12-13-39(29(25)43)22-10-8-20(31)9-11-22/h5-11,17-19,25H,4,12-16H2,1-3H3/t18-,19+,25?. The highest BCUT2D eigenvalue weighted by Gasteiger charge is 2.37. The van der Waals surface area contributed by atoms with E-state index in [0.717, 1.165) is 15.9 Å². The Kier molecular flexibility index (Phi) is 8.78. The lowest BCUT2D eigenvalue weighted by Crippen LogP contribution is -2.57. The van der Waals surface area contributed by atoms with E-state index in [1.807, 2.05) is 37.4 Å². The van der Waals surface area contributed by atoms with E-state index < -0.39 is 0 Å². The summed E-state index contributed by atoms with van der Waals surface area (Å²) in [7, 11) is 0. The van der Waals surface area contributed by atoms with Gasteiger partial charge in [-0.1, -0.05) is 57.3 Å². The van der Waals surface area contributed by atoms with Crippen molar-refractivity contribution in [1.82, 2.24) is 39.6 Å². The minimum Gasteiger partial charge on any atom is -0.333 e. The van der Waals surface area contributed by atoms with Crippen molar-refractivity contribution >= 4 is 56.6 Å². The molecule has 14 heteroatoms. The molecule has 0 N–H and O–H groups in total. The van der Waals surface area contributed by atoms with Gasteiger partial charge in [0, 0.05) is 54.8 Å². The van der Waals surface area contributed by atoms with Crippen LogP contribution < -0.4 is 4.90 Å². The van der Waals surface area contributed by atoms with Gasteiger partial charge >= 0.3 is 0 Å². The highest BCUT2D eigenvalue weighted by molar-refractivity contribution is 9.10. The van der Waals surface area contributed by atoms with E-state index in [1.54, 1.807) is 37.4 Å². The van der Waals surface area contributed by atoms with Gasteiger partial charge in [0.15, 0.2) is 0 Å². The first-order valence-electron chi connectivity index (χ1n) is 14.6. The summed E-state index contributed by atoms with van der Waals surface area (Å²) in [6.07, 6.45) is 3.09. The van der Waals surface area contributed by atoms with Crippen LogP contribution in [0.25, 0.3) is 5.69 Å². The van der Waals surface area contributed by atoms with E-state index in [9.17, 15) is 9.59 Å². The van der Waals surface area contributed by atoms with Crippen LogP contribution in [-0.4, -0.2) is 83.1 Å². The minimum atomic E-state index is -0.384. The second-order valence-corrected chi connectivity index (χ2v) is 13.0. The maximum atomic E-state index is 13.6. The van der Waals surface area contributed by atoms with Gasteiger partial charge in [-0.3, -0.25) is 14.5 Å². The van der Waals surface area contributed by atoms with Gasteiger partial charge in [-0.25, -0.2) is 14.3 Å². The molecule has 2 aromatic carbocycles. The predicted molar refractivity (Wildman–Crippen MR) is 171 cm³/mol. The first kappa shape index (κ1) is 30.7. The molecule has 2 fully saturated rings. The van der Waals surface area contributed by atoms with E-state index in [1.165, 1.54) is 0 Å². The van der Waals surface area contributed by atoms with Crippen molar-refractivity contribution in [3.63, 3.8) is 0 Å². The van der Waals surface area contributed by atoms with E-state index in [0.29, 0.717) is 60.6 Å². The summed E-state index contributed by atoms with van der Waals surface area (Å²) in [5.41, 5.74) is 2.17. The zero-order chi connectivity index (χ0) is 31.1. The summed E-state index contributed by atoms with van der Waals surface area (Å²) in [6, 6.07) is 12.7. The van der Waals surface area contributed by atoms with Gasteiger partial charge in [-0.05, 0) is 56.7 Å². The number of hydrogen-bond acceptors (Lipinski definition) is 7. The lowest BCUT2D eigenvalue weighted by molar-refractivity contribution is -0.120. The van der Waals surface area contributed by atoms with Crippen LogP contribution in [0, 0.1) is 0 Å². The van der Waals surface area contributed by atoms with Crippen molar-refractivity contribution in [2.75, 3.05) is 24.5 Å². The molecule has 2 amide bonds. The zero-order valence-corrected chi connectivity index (χ0v) is 27.7. The molecule has 0 saturated carbocycles. The Bertz CT molecular complexity index is 1660. The van der Waals surface area contributed by atoms with Crippen LogP contribution in [0.15, 0.2) is 53.1 Å². The summed E-state index contributed by atoms with van der Waals surface area (Å²) in [6.45, 7) is 8.31. The Hall–Kier alpha value is -3.32. The minimum absolute atomic E-state index is 0.0109. The van der Waals surface area contributed by atoms with E-state index in [-0.39, 0.29) is 35.8 Å². The zero-order valence-electron chi connectivity index (χ0n) is 24.6. The Morgan fingerprint density at radius 3 is 2.39 bits per heavy atom. The predicted octanol–water partition coefficient (Wildman–Crippen LogP) is 5.20. The molecule has 11 nitrogen and oxygen atoms in total. The van der Waals surface area contributed by atoms with Crippen molar-refractivity contribution in [3.8, 4) is 5.69 Å². The first-order valence-corrected chi connectivity index (χ1v) is 16.1. The van der Waals surface area contributed by atoms with Crippen LogP contribution in [0.5, 0.6) is 0 Å². The number of carbonyl (C=O) groups excluding carboxylic acids is 2. The fourth-order valence-corrected chi connectivity index (χ4v) is 6.84. The third-order valence-electron chi connectivity index (χ3n) is 8.26. The van der Waals surface area contributed by atoms with E-state index in [4.69, 9.17) is 23.2 Å². The summed E-state index contributed by atoms with van der Waals surface area (Å²) in [5.74, 6) is 0.497. The molecule has 0 spiro atoms. The van der Waals surface area contributed by atoms with Crippen molar-refractivity contribution in [2.24, 2.45) is 0 Å². The number of amides is 2. The van der Waals surface area contributed by atoms with Crippen molar-refractivity contribution in [1.29, 1.82) is 0 Å². The highest BCUT2D eigenvalue weighted by atomic mass is 79.9. The summed E-state index contributed by atoms with van der Waals surface area (Å²) in [4.78, 5) is 37.3. The topological polar surface area (TPSA) is 105 Å². The number of carbonyl (C=O) groups is 2. The molecule has 3 atom stereocenters. The molecule has 1 unspecified atom stereocenters. The molecule has 230 valence electrons. The third kappa shape index (κ3) is 5.88. The third-order valence-corrected chi connectivity index (χ3v) is 9.40. The lowest BCUT2D eigenvalue weighted by atomic mass is 10.1. The Morgan fingerprint density at radius 2 is 1.73 bits per heavy atom. The van der Waals surface area contributed by atoms with Gasteiger partial charge in [-0.15, -0.1) is 10.2 Å². The number of rotatable bonds is 7. The van der Waals surface area contributed by atoms with E-state index >= 15 is 0 Å². The fraction of sp³-hybridized carbons (Fsp3) is 0.400. The number of benzene rings is 2. The van der Waals surface area contributed by atoms with Crippen LogP contribution in [0.2, 0.25) is 10.0 Å².